The molecule has 1 aromatic heterocycles. The number of hydrogen-bond donors (Lipinski definition) is 2. The topological polar surface area (TPSA) is 50.1 Å². The second-order valence-corrected chi connectivity index (χ2v) is 4.73. The lowest BCUT2D eigenvalue weighted by atomic mass is 10.2. The number of imidazole rings is 1. The average Bonchev–Trinajstić information content (AvgIpc) is 2.72. The van der Waals surface area contributed by atoms with Gasteiger partial charge in [-0.3, -0.25) is 0 Å². The van der Waals surface area contributed by atoms with Crippen molar-refractivity contribution in [1.29, 1.82) is 0 Å². The van der Waals surface area contributed by atoms with Crippen molar-refractivity contribution in [3.8, 4) is 5.75 Å². The van der Waals surface area contributed by atoms with E-state index in [9.17, 15) is 5.11 Å². The molecule has 0 spiro atoms. The first-order valence-electron chi connectivity index (χ1n) is 6.70. The molecule has 0 unspecified atom stereocenters. The summed E-state index contributed by atoms with van der Waals surface area (Å²) in [6.45, 7) is 6.74. The molecule has 0 bridgehead atoms. The highest BCUT2D eigenvalue weighted by Gasteiger charge is 2.07. The van der Waals surface area contributed by atoms with Crippen molar-refractivity contribution in [2.24, 2.45) is 0 Å². The van der Waals surface area contributed by atoms with Gasteiger partial charge >= 0.3 is 0 Å². The van der Waals surface area contributed by atoms with Crippen LogP contribution in [0.2, 0.25) is 0 Å². The van der Waals surface area contributed by atoms with E-state index in [1.165, 1.54) is 5.69 Å². The predicted octanol–water partition coefficient (Wildman–Crippen LogP) is 2.45. The Balaban J connectivity index is 2.12. The summed E-state index contributed by atoms with van der Waals surface area (Å²) in [5.41, 5.74) is 2.26. The molecule has 0 amide bonds. The quantitative estimate of drug-likeness (QED) is 0.783. The highest BCUT2D eigenvalue weighted by atomic mass is 16.3. The Hall–Kier alpha value is -1.81. The Kier molecular flexibility index (Phi) is 4.58. The van der Waals surface area contributed by atoms with Crippen molar-refractivity contribution in [2.75, 3.05) is 6.54 Å². The van der Waals surface area contributed by atoms with E-state index in [0.29, 0.717) is 5.75 Å². The van der Waals surface area contributed by atoms with Gasteiger partial charge < -0.3 is 15.0 Å². The predicted molar refractivity (Wildman–Crippen MR) is 76.2 cm³/mol. The fourth-order valence-corrected chi connectivity index (χ4v) is 2.10. The lowest BCUT2D eigenvalue weighted by Gasteiger charge is -2.11. The maximum absolute atomic E-state index is 9.52. The molecule has 2 N–H and O–H groups in total. The third-order valence-corrected chi connectivity index (χ3v) is 3.12. The Bertz CT molecular complexity index is 534. The molecule has 0 radical (unpaired) electrons. The maximum Gasteiger partial charge on any atom is 0.115 e. The Morgan fingerprint density at radius 2 is 2.21 bits per heavy atom. The summed E-state index contributed by atoms with van der Waals surface area (Å²) >= 11 is 0. The van der Waals surface area contributed by atoms with Gasteiger partial charge in [0.1, 0.15) is 11.6 Å². The molecule has 0 saturated heterocycles. The van der Waals surface area contributed by atoms with Crippen LogP contribution in [0.5, 0.6) is 5.75 Å². The second kappa shape index (κ2) is 6.38. The molecule has 4 nitrogen and oxygen atoms in total. The van der Waals surface area contributed by atoms with Crippen LogP contribution in [0.1, 0.15) is 30.4 Å². The number of aromatic nitrogens is 2. The van der Waals surface area contributed by atoms with Gasteiger partial charge in [0.15, 0.2) is 0 Å². The minimum Gasteiger partial charge on any atom is -0.508 e. The molecule has 1 heterocycles. The van der Waals surface area contributed by atoms with E-state index >= 15 is 0 Å². The minimum atomic E-state index is 0.306. The number of aromatic hydroxyl groups is 1. The summed E-state index contributed by atoms with van der Waals surface area (Å²) in [6, 6.07) is 7.37. The number of aryl methyl sites for hydroxylation is 1. The molecule has 0 fully saturated rings. The number of phenolic OH excluding ortho intramolecular Hbond substituents is 1. The van der Waals surface area contributed by atoms with Crippen LogP contribution < -0.4 is 5.32 Å². The zero-order valence-corrected chi connectivity index (χ0v) is 11.6. The van der Waals surface area contributed by atoms with Gasteiger partial charge in [0, 0.05) is 19.3 Å². The molecule has 0 atom stereocenters. The summed E-state index contributed by atoms with van der Waals surface area (Å²) in [4.78, 5) is 4.37. The Labute approximate surface area is 114 Å². The molecule has 1 aromatic carbocycles. The van der Waals surface area contributed by atoms with Crippen molar-refractivity contribution in [3.05, 3.63) is 47.5 Å². The van der Waals surface area contributed by atoms with Crippen LogP contribution in [0, 0.1) is 6.92 Å². The summed E-state index contributed by atoms with van der Waals surface area (Å²) in [6.07, 6.45) is 3.04. The molecule has 102 valence electrons. The van der Waals surface area contributed by atoms with Crippen LogP contribution in [0.3, 0.4) is 0 Å². The standard InChI is InChI=1S/C15H21N3O/c1-3-7-16-9-14-10-17-12(2)18(14)11-13-5-4-6-15(19)8-13/h4-6,8,10,16,19H,3,7,9,11H2,1-2H3. The third kappa shape index (κ3) is 3.58. The maximum atomic E-state index is 9.52. The molecule has 0 aliphatic carbocycles. The molecule has 0 aliphatic rings. The first kappa shape index (κ1) is 13.6. The zero-order chi connectivity index (χ0) is 13.7. The van der Waals surface area contributed by atoms with Crippen molar-refractivity contribution in [3.63, 3.8) is 0 Å². The van der Waals surface area contributed by atoms with Gasteiger partial charge in [0.2, 0.25) is 0 Å². The van der Waals surface area contributed by atoms with Gasteiger partial charge in [0.05, 0.1) is 5.69 Å². The van der Waals surface area contributed by atoms with Crippen LogP contribution >= 0.6 is 0 Å². The summed E-state index contributed by atoms with van der Waals surface area (Å²) in [5, 5.41) is 12.9. The molecule has 2 rings (SSSR count). The minimum absolute atomic E-state index is 0.306. The number of benzene rings is 1. The van der Waals surface area contributed by atoms with Crippen LogP contribution in [0.4, 0.5) is 0 Å². The van der Waals surface area contributed by atoms with Crippen molar-refractivity contribution in [1.82, 2.24) is 14.9 Å². The zero-order valence-electron chi connectivity index (χ0n) is 11.6. The van der Waals surface area contributed by atoms with Gasteiger partial charge in [-0.15, -0.1) is 0 Å². The summed E-state index contributed by atoms with van der Waals surface area (Å²) < 4.78 is 2.18. The van der Waals surface area contributed by atoms with E-state index in [1.54, 1.807) is 12.1 Å². The van der Waals surface area contributed by atoms with Crippen LogP contribution in [-0.4, -0.2) is 21.2 Å². The monoisotopic (exact) mass is 259 g/mol. The van der Waals surface area contributed by atoms with E-state index in [1.807, 2.05) is 25.3 Å². The first-order chi connectivity index (χ1) is 9.20. The third-order valence-electron chi connectivity index (χ3n) is 3.12. The van der Waals surface area contributed by atoms with Gasteiger partial charge in [-0.2, -0.15) is 0 Å². The molecule has 2 aromatic rings. The van der Waals surface area contributed by atoms with E-state index < -0.39 is 0 Å². The lowest BCUT2D eigenvalue weighted by molar-refractivity contribution is 0.474. The van der Waals surface area contributed by atoms with Crippen molar-refractivity contribution in [2.45, 2.75) is 33.4 Å². The fourth-order valence-electron chi connectivity index (χ4n) is 2.10. The number of rotatable bonds is 6. The Morgan fingerprint density at radius 1 is 1.37 bits per heavy atom. The highest BCUT2D eigenvalue weighted by Crippen LogP contribution is 2.14. The van der Waals surface area contributed by atoms with Crippen molar-refractivity contribution < 1.29 is 5.11 Å². The summed E-state index contributed by atoms with van der Waals surface area (Å²) in [5.74, 6) is 1.30. The molecule has 19 heavy (non-hydrogen) atoms. The van der Waals surface area contributed by atoms with Crippen LogP contribution in [0.25, 0.3) is 0 Å². The molecular weight excluding hydrogens is 238 g/mol. The van der Waals surface area contributed by atoms with Gasteiger partial charge in [-0.1, -0.05) is 19.1 Å². The summed E-state index contributed by atoms with van der Waals surface area (Å²) in [7, 11) is 0. The van der Waals surface area contributed by atoms with E-state index in [0.717, 1.165) is 37.4 Å². The second-order valence-electron chi connectivity index (χ2n) is 4.73. The highest BCUT2D eigenvalue weighted by molar-refractivity contribution is 5.27. The van der Waals surface area contributed by atoms with Gasteiger partial charge in [0.25, 0.3) is 0 Å². The van der Waals surface area contributed by atoms with E-state index in [4.69, 9.17) is 0 Å². The first-order valence-corrected chi connectivity index (χ1v) is 6.70. The van der Waals surface area contributed by atoms with Gasteiger partial charge in [-0.25, -0.2) is 4.98 Å². The SMILES string of the molecule is CCCNCc1cnc(C)n1Cc1cccc(O)c1. The Morgan fingerprint density at radius 3 is 2.95 bits per heavy atom. The fraction of sp³-hybridized carbons (Fsp3) is 0.400. The number of nitrogens with zero attached hydrogens (tertiary/aromatic N) is 2. The van der Waals surface area contributed by atoms with Crippen LogP contribution in [-0.2, 0) is 13.1 Å². The lowest BCUT2D eigenvalue weighted by Crippen LogP contribution is -2.17. The molecule has 0 saturated carbocycles. The molecule has 0 aliphatic heterocycles. The number of nitrogens with one attached hydrogen (secondary N) is 1. The molecular formula is C15H21N3O. The average molecular weight is 259 g/mol. The van der Waals surface area contributed by atoms with E-state index in [-0.39, 0.29) is 0 Å². The van der Waals surface area contributed by atoms with Gasteiger partial charge in [-0.05, 0) is 37.6 Å². The number of phenols is 1. The van der Waals surface area contributed by atoms with Crippen LogP contribution in [0.15, 0.2) is 30.5 Å². The smallest absolute Gasteiger partial charge is 0.115 e. The van der Waals surface area contributed by atoms with Crippen molar-refractivity contribution >= 4 is 0 Å². The normalized spacial score (nSPS) is 10.8. The number of hydrogen-bond acceptors (Lipinski definition) is 3. The largest absolute Gasteiger partial charge is 0.508 e. The molecule has 4 heteroatoms. The van der Waals surface area contributed by atoms with E-state index in [2.05, 4.69) is 21.8 Å².